The molecular formula is C24H22N2OS. The Morgan fingerprint density at radius 3 is 2.04 bits per heavy atom. The van der Waals surface area contributed by atoms with Crippen LogP contribution in [0.1, 0.15) is 42.4 Å². The first-order valence-electron chi connectivity index (χ1n) is 9.43. The van der Waals surface area contributed by atoms with Crippen LogP contribution in [-0.2, 0) is 4.79 Å². The fraction of sp³-hybridized carbons (Fsp3) is 0.167. The Morgan fingerprint density at radius 1 is 0.857 bits per heavy atom. The normalized spacial score (nSPS) is 11.3. The number of aromatic nitrogens is 1. The van der Waals surface area contributed by atoms with Gasteiger partial charge < -0.3 is 5.32 Å². The summed E-state index contributed by atoms with van der Waals surface area (Å²) in [6, 6.07) is 26.0. The number of carbonyl (C=O) groups excluding carboxylic acids is 1. The zero-order valence-electron chi connectivity index (χ0n) is 15.9. The number of amides is 1. The van der Waals surface area contributed by atoms with Gasteiger partial charge in [0.1, 0.15) is 0 Å². The third-order valence-corrected chi connectivity index (χ3v) is 5.77. The van der Waals surface area contributed by atoms with Gasteiger partial charge in [-0.3, -0.25) is 4.79 Å². The van der Waals surface area contributed by atoms with Crippen LogP contribution in [0.4, 0.5) is 5.13 Å². The van der Waals surface area contributed by atoms with Gasteiger partial charge in [-0.1, -0.05) is 91.9 Å². The summed E-state index contributed by atoms with van der Waals surface area (Å²) >= 11 is 1.52. The number of carbonyl (C=O) groups is 1. The molecule has 0 saturated heterocycles. The van der Waals surface area contributed by atoms with Gasteiger partial charge in [0.15, 0.2) is 5.13 Å². The minimum atomic E-state index is -0.374. The van der Waals surface area contributed by atoms with Gasteiger partial charge in [0.05, 0.1) is 16.1 Å². The minimum absolute atomic E-state index is 0.0689. The largest absolute Gasteiger partial charge is 0.301 e. The number of anilines is 1. The Bertz CT molecular complexity index is 1050. The van der Waals surface area contributed by atoms with Crippen molar-refractivity contribution < 1.29 is 4.79 Å². The first-order chi connectivity index (χ1) is 13.6. The lowest BCUT2D eigenvalue weighted by Gasteiger charge is -2.16. The molecule has 0 aliphatic rings. The molecule has 140 valence electrons. The zero-order valence-corrected chi connectivity index (χ0v) is 16.7. The van der Waals surface area contributed by atoms with Crippen molar-refractivity contribution in [2.24, 2.45) is 0 Å². The second-order valence-corrected chi connectivity index (χ2v) is 8.18. The Labute approximate surface area is 169 Å². The Morgan fingerprint density at radius 2 is 1.46 bits per heavy atom. The van der Waals surface area contributed by atoms with Crippen LogP contribution in [0.25, 0.3) is 10.2 Å². The van der Waals surface area contributed by atoms with Gasteiger partial charge in [-0.25, -0.2) is 4.98 Å². The fourth-order valence-corrected chi connectivity index (χ4v) is 4.23. The Hall–Kier alpha value is -2.98. The Kier molecular flexibility index (Phi) is 5.22. The number of hydrogen-bond donors (Lipinski definition) is 1. The van der Waals surface area contributed by atoms with E-state index in [-0.39, 0.29) is 11.8 Å². The van der Waals surface area contributed by atoms with E-state index in [9.17, 15) is 4.79 Å². The van der Waals surface area contributed by atoms with Crippen molar-refractivity contribution in [3.8, 4) is 0 Å². The lowest BCUT2D eigenvalue weighted by molar-refractivity contribution is -0.116. The van der Waals surface area contributed by atoms with E-state index in [2.05, 4.69) is 36.3 Å². The van der Waals surface area contributed by atoms with Crippen molar-refractivity contribution >= 4 is 32.6 Å². The summed E-state index contributed by atoms with van der Waals surface area (Å²) in [5, 5.41) is 3.68. The van der Waals surface area contributed by atoms with E-state index in [1.807, 2.05) is 66.7 Å². The average molecular weight is 387 g/mol. The highest BCUT2D eigenvalue weighted by Crippen LogP contribution is 2.31. The van der Waals surface area contributed by atoms with E-state index in [0.717, 1.165) is 21.3 Å². The van der Waals surface area contributed by atoms with E-state index in [1.54, 1.807) is 0 Å². The average Bonchev–Trinajstić information content (AvgIpc) is 3.11. The molecule has 1 amide bonds. The van der Waals surface area contributed by atoms with Gasteiger partial charge in [-0.15, -0.1) is 0 Å². The maximum absolute atomic E-state index is 13.2. The molecule has 0 aliphatic heterocycles. The van der Waals surface area contributed by atoms with E-state index in [4.69, 9.17) is 0 Å². The molecule has 3 nitrogen and oxygen atoms in total. The van der Waals surface area contributed by atoms with E-state index in [1.165, 1.54) is 16.9 Å². The van der Waals surface area contributed by atoms with Gasteiger partial charge in [-0.2, -0.15) is 0 Å². The van der Waals surface area contributed by atoms with Gasteiger partial charge in [0.25, 0.3) is 0 Å². The van der Waals surface area contributed by atoms with Crippen molar-refractivity contribution in [1.29, 1.82) is 0 Å². The molecule has 0 bridgehead atoms. The van der Waals surface area contributed by atoms with Crippen LogP contribution in [0.3, 0.4) is 0 Å². The van der Waals surface area contributed by atoms with Crippen molar-refractivity contribution in [3.05, 3.63) is 95.6 Å². The van der Waals surface area contributed by atoms with Crippen LogP contribution in [-0.4, -0.2) is 10.9 Å². The molecule has 4 aromatic rings. The van der Waals surface area contributed by atoms with Crippen LogP contribution in [0.15, 0.2) is 78.9 Å². The number of thiazole rings is 1. The summed E-state index contributed by atoms with van der Waals surface area (Å²) in [7, 11) is 0. The van der Waals surface area contributed by atoms with Crippen LogP contribution in [0.2, 0.25) is 0 Å². The summed E-state index contributed by atoms with van der Waals surface area (Å²) < 4.78 is 1.09. The van der Waals surface area contributed by atoms with Gasteiger partial charge >= 0.3 is 0 Å². The lowest BCUT2D eigenvalue weighted by atomic mass is 9.90. The molecule has 0 unspecified atom stereocenters. The molecule has 0 radical (unpaired) electrons. The second kappa shape index (κ2) is 7.95. The van der Waals surface area contributed by atoms with E-state index >= 15 is 0 Å². The predicted octanol–water partition coefficient (Wildman–Crippen LogP) is 6.19. The maximum atomic E-state index is 13.2. The molecule has 3 aromatic carbocycles. The molecule has 1 heterocycles. The second-order valence-electron chi connectivity index (χ2n) is 7.14. The van der Waals surface area contributed by atoms with Gasteiger partial charge in [-0.05, 0) is 34.7 Å². The molecule has 0 fully saturated rings. The summed E-state index contributed by atoms with van der Waals surface area (Å²) in [6.07, 6.45) is 0. The third kappa shape index (κ3) is 3.82. The van der Waals surface area contributed by atoms with Crippen molar-refractivity contribution in [3.63, 3.8) is 0 Å². The van der Waals surface area contributed by atoms with Crippen molar-refractivity contribution in [2.45, 2.75) is 25.7 Å². The van der Waals surface area contributed by atoms with E-state index in [0.29, 0.717) is 11.0 Å². The van der Waals surface area contributed by atoms with Crippen LogP contribution >= 0.6 is 11.3 Å². The molecule has 0 saturated carbocycles. The lowest BCUT2D eigenvalue weighted by Crippen LogP contribution is -2.22. The highest BCUT2D eigenvalue weighted by atomic mass is 32.1. The first-order valence-corrected chi connectivity index (χ1v) is 10.2. The molecule has 4 rings (SSSR count). The first kappa shape index (κ1) is 18.4. The number of benzene rings is 3. The molecule has 0 atom stereocenters. The quantitative estimate of drug-likeness (QED) is 0.444. The molecular weight excluding hydrogens is 364 g/mol. The van der Waals surface area contributed by atoms with Crippen molar-refractivity contribution in [1.82, 2.24) is 4.98 Å². The molecule has 0 aliphatic carbocycles. The standard InChI is InChI=1S/C24H22N2OS/c1-16(2)19-13-14-20-21(15-19)28-24(25-20)26-23(27)22(17-9-5-3-6-10-17)18-11-7-4-8-12-18/h3-16,22H,1-2H3,(H,25,26,27). The third-order valence-electron chi connectivity index (χ3n) is 4.84. The topological polar surface area (TPSA) is 42.0 Å². The van der Waals surface area contributed by atoms with Gasteiger partial charge in [0.2, 0.25) is 5.91 Å². The maximum Gasteiger partial charge on any atom is 0.238 e. The summed E-state index contributed by atoms with van der Waals surface area (Å²) in [5.41, 5.74) is 4.13. The monoisotopic (exact) mass is 386 g/mol. The highest BCUT2D eigenvalue weighted by molar-refractivity contribution is 7.22. The van der Waals surface area contributed by atoms with Crippen LogP contribution in [0, 0.1) is 0 Å². The molecule has 4 heteroatoms. The number of nitrogens with zero attached hydrogens (tertiary/aromatic N) is 1. The highest BCUT2D eigenvalue weighted by Gasteiger charge is 2.23. The number of nitrogens with one attached hydrogen (secondary N) is 1. The van der Waals surface area contributed by atoms with E-state index < -0.39 is 0 Å². The van der Waals surface area contributed by atoms with Crippen molar-refractivity contribution in [2.75, 3.05) is 5.32 Å². The number of hydrogen-bond acceptors (Lipinski definition) is 3. The molecule has 1 aromatic heterocycles. The van der Waals surface area contributed by atoms with Gasteiger partial charge in [0, 0.05) is 0 Å². The van der Waals surface area contributed by atoms with Crippen LogP contribution in [0.5, 0.6) is 0 Å². The fourth-order valence-electron chi connectivity index (χ4n) is 3.32. The Balaban J connectivity index is 1.65. The zero-order chi connectivity index (χ0) is 19.5. The summed E-state index contributed by atoms with van der Waals surface area (Å²) in [5.74, 6) is 0.0197. The van der Waals surface area contributed by atoms with Crippen LogP contribution < -0.4 is 5.32 Å². The summed E-state index contributed by atoms with van der Waals surface area (Å²) in [4.78, 5) is 17.8. The smallest absolute Gasteiger partial charge is 0.238 e. The minimum Gasteiger partial charge on any atom is -0.301 e. The SMILES string of the molecule is CC(C)c1ccc2nc(NC(=O)C(c3ccccc3)c3ccccc3)sc2c1. The summed E-state index contributed by atoms with van der Waals surface area (Å²) in [6.45, 7) is 4.35. The number of rotatable bonds is 5. The number of fused-ring (bicyclic) bond motifs is 1. The molecule has 1 N–H and O–H groups in total. The molecule has 28 heavy (non-hydrogen) atoms. The molecule has 0 spiro atoms. The predicted molar refractivity (Wildman–Crippen MR) is 117 cm³/mol.